The number of carboxylic acid groups (broad SMARTS) is 1. The molecule has 0 aliphatic rings. The first-order valence-corrected chi connectivity index (χ1v) is 8.53. The lowest BCUT2D eigenvalue weighted by Crippen LogP contribution is -2.02. The second kappa shape index (κ2) is 7.32. The third kappa shape index (κ3) is 4.04. The minimum absolute atomic E-state index is 0.0496. The summed E-state index contributed by atoms with van der Waals surface area (Å²) in [7, 11) is 0. The van der Waals surface area contributed by atoms with Crippen molar-refractivity contribution >= 4 is 44.4 Å². The van der Waals surface area contributed by atoms with E-state index in [0.717, 1.165) is 15.8 Å². The van der Waals surface area contributed by atoms with Crippen LogP contribution in [0.4, 0.5) is 10.8 Å². The lowest BCUT2D eigenvalue weighted by atomic mass is 10.1. The monoisotopic (exact) mass is 369 g/mol. The Bertz CT molecular complexity index is 1010. The molecular weight excluding hydrogens is 354 g/mol. The minimum atomic E-state index is -0.949. The quantitative estimate of drug-likeness (QED) is 0.492. The average Bonchev–Trinajstić information content (AvgIpc) is 3.02. The number of rotatable bonds is 6. The number of benzene rings is 2. The highest BCUT2D eigenvalue weighted by Crippen LogP contribution is 2.29. The highest BCUT2D eigenvalue weighted by molar-refractivity contribution is 7.22. The summed E-state index contributed by atoms with van der Waals surface area (Å²) >= 11 is 1.36. The molecule has 3 aromatic rings. The van der Waals surface area contributed by atoms with Crippen molar-refractivity contribution in [2.45, 2.75) is 6.92 Å². The molecule has 26 heavy (non-hydrogen) atoms. The van der Waals surface area contributed by atoms with Gasteiger partial charge in [-0.3, -0.25) is 10.1 Å². The van der Waals surface area contributed by atoms with Crippen molar-refractivity contribution in [3.05, 3.63) is 69.3 Å². The van der Waals surface area contributed by atoms with Gasteiger partial charge in [-0.2, -0.15) is 0 Å². The third-order valence-electron chi connectivity index (χ3n) is 3.67. The molecule has 0 radical (unpaired) electrons. The lowest BCUT2D eigenvalue weighted by molar-refractivity contribution is -0.384. The maximum Gasteiger partial charge on any atom is 0.335 e. The maximum absolute atomic E-state index is 10.9. The molecule has 132 valence electrons. The van der Waals surface area contributed by atoms with Gasteiger partial charge >= 0.3 is 5.97 Å². The van der Waals surface area contributed by atoms with E-state index >= 15 is 0 Å². The number of non-ortho nitro benzene ring substituents is 1. The van der Waals surface area contributed by atoms with Crippen molar-refractivity contribution in [3.63, 3.8) is 0 Å². The first-order chi connectivity index (χ1) is 12.4. The van der Waals surface area contributed by atoms with Gasteiger partial charge in [-0.1, -0.05) is 35.1 Å². The van der Waals surface area contributed by atoms with Crippen molar-refractivity contribution in [1.82, 2.24) is 4.98 Å². The lowest BCUT2D eigenvalue weighted by Gasteiger charge is -2.03. The summed E-state index contributed by atoms with van der Waals surface area (Å²) in [6.45, 7) is 2.51. The van der Waals surface area contributed by atoms with Crippen LogP contribution in [0.25, 0.3) is 16.3 Å². The van der Waals surface area contributed by atoms with Gasteiger partial charge < -0.3 is 10.4 Å². The van der Waals surface area contributed by atoms with Crippen molar-refractivity contribution in [3.8, 4) is 0 Å². The number of carbonyl (C=O) groups is 1. The van der Waals surface area contributed by atoms with Gasteiger partial charge in [0.2, 0.25) is 0 Å². The summed E-state index contributed by atoms with van der Waals surface area (Å²) < 4.78 is 0.757. The Labute approximate surface area is 152 Å². The van der Waals surface area contributed by atoms with E-state index in [1.54, 1.807) is 30.3 Å². The van der Waals surface area contributed by atoms with Crippen molar-refractivity contribution < 1.29 is 14.8 Å². The predicted octanol–water partition coefficient (Wildman–Crippen LogP) is 4.42. The number of thiazole rings is 1. The van der Waals surface area contributed by atoms with Crippen LogP contribution >= 0.6 is 11.3 Å². The molecule has 0 saturated carbocycles. The predicted molar refractivity (Wildman–Crippen MR) is 102 cm³/mol. The van der Waals surface area contributed by atoms with Gasteiger partial charge in [0.25, 0.3) is 5.69 Å². The van der Waals surface area contributed by atoms with Gasteiger partial charge in [-0.25, -0.2) is 9.78 Å². The van der Waals surface area contributed by atoms with E-state index in [1.807, 2.05) is 13.0 Å². The SMILES string of the molecule is CC(=Cc1ccc(C(=O)O)cc1)CNc1nc2ccc([N+](=O)[O-])cc2s1. The molecule has 0 amide bonds. The summed E-state index contributed by atoms with van der Waals surface area (Å²) in [5.74, 6) is -0.949. The number of nitro groups is 1. The second-order valence-electron chi connectivity index (χ2n) is 5.70. The first kappa shape index (κ1) is 17.6. The van der Waals surface area contributed by atoms with E-state index in [2.05, 4.69) is 10.3 Å². The number of nitrogens with one attached hydrogen (secondary N) is 1. The van der Waals surface area contributed by atoms with Crippen molar-refractivity contribution in [2.75, 3.05) is 11.9 Å². The van der Waals surface area contributed by atoms with E-state index in [1.165, 1.54) is 23.5 Å². The molecule has 0 fully saturated rings. The zero-order chi connectivity index (χ0) is 18.7. The number of nitrogens with zero attached hydrogens (tertiary/aromatic N) is 2. The normalized spacial score (nSPS) is 11.5. The molecule has 2 N–H and O–H groups in total. The van der Waals surface area contributed by atoms with Crippen LogP contribution in [0.2, 0.25) is 0 Å². The second-order valence-corrected chi connectivity index (χ2v) is 6.73. The largest absolute Gasteiger partial charge is 0.478 e. The molecule has 0 aliphatic carbocycles. The van der Waals surface area contributed by atoms with Crippen LogP contribution in [0.1, 0.15) is 22.8 Å². The summed E-state index contributed by atoms with van der Waals surface area (Å²) in [4.78, 5) is 25.7. The van der Waals surface area contributed by atoms with Gasteiger partial charge in [0.05, 0.1) is 20.7 Å². The number of aromatic nitrogens is 1. The Kier molecular flexibility index (Phi) is 4.94. The van der Waals surface area contributed by atoms with Crippen LogP contribution < -0.4 is 5.32 Å². The fourth-order valence-electron chi connectivity index (χ4n) is 2.37. The minimum Gasteiger partial charge on any atom is -0.478 e. The molecule has 7 nitrogen and oxygen atoms in total. The van der Waals surface area contributed by atoms with E-state index in [9.17, 15) is 14.9 Å². The summed E-state index contributed by atoms with van der Waals surface area (Å²) in [5, 5.41) is 23.6. The number of fused-ring (bicyclic) bond motifs is 1. The zero-order valence-corrected chi connectivity index (χ0v) is 14.6. The van der Waals surface area contributed by atoms with Gasteiger partial charge in [-0.15, -0.1) is 0 Å². The molecule has 1 heterocycles. The number of hydrogen-bond donors (Lipinski definition) is 2. The number of aromatic carboxylic acids is 1. The Morgan fingerprint density at radius 1 is 1.31 bits per heavy atom. The maximum atomic E-state index is 10.9. The van der Waals surface area contributed by atoms with Gasteiger partial charge in [-0.05, 0) is 30.7 Å². The van der Waals surface area contributed by atoms with Crippen LogP contribution in [0.3, 0.4) is 0 Å². The summed E-state index contributed by atoms with van der Waals surface area (Å²) in [5.41, 5.74) is 2.97. The van der Waals surface area contributed by atoms with E-state index in [-0.39, 0.29) is 11.3 Å². The Hall–Kier alpha value is -3.26. The van der Waals surface area contributed by atoms with Gasteiger partial charge in [0, 0.05) is 18.7 Å². The molecule has 0 unspecified atom stereocenters. The Balaban J connectivity index is 1.68. The molecule has 1 aromatic heterocycles. The summed E-state index contributed by atoms with van der Waals surface area (Å²) in [6, 6.07) is 11.2. The van der Waals surface area contributed by atoms with Crippen LogP contribution in [0.5, 0.6) is 0 Å². The van der Waals surface area contributed by atoms with Crippen LogP contribution in [-0.2, 0) is 0 Å². The molecule has 2 aromatic carbocycles. The summed E-state index contributed by atoms with van der Waals surface area (Å²) in [6.07, 6.45) is 1.96. The Morgan fingerprint density at radius 2 is 2.04 bits per heavy atom. The van der Waals surface area contributed by atoms with Crippen LogP contribution in [0, 0.1) is 10.1 Å². The first-order valence-electron chi connectivity index (χ1n) is 7.72. The standard InChI is InChI=1S/C18H15N3O4S/c1-11(8-12-2-4-13(5-3-12)17(22)23)10-19-18-20-15-7-6-14(21(24)25)9-16(15)26-18/h2-9H,10H2,1H3,(H,19,20)(H,22,23). The topological polar surface area (TPSA) is 105 Å². The fraction of sp³-hybridized carbons (Fsp3) is 0.111. The van der Waals surface area contributed by atoms with E-state index in [0.29, 0.717) is 17.2 Å². The van der Waals surface area contributed by atoms with E-state index < -0.39 is 10.9 Å². The zero-order valence-electron chi connectivity index (χ0n) is 13.8. The molecule has 0 bridgehead atoms. The van der Waals surface area contributed by atoms with Crippen molar-refractivity contribution in [1.29, 1.82) is 0 Å². The van der Waals surface area contributed by atoms with Crippen LogP contribution in [0.15, 0.2) is 48.0 Å². The molecular formula is C18H15N3O4S. The molecule has 8 heteroatoms. The fourth-order valence-corrected chi connectivity index (χ4v) is 3.27. The Morgan fingerprint density at radius 3 is 2.69 bits per heavy atom. The highest BCUT2D eigenvalue weighted by Gasteiger charge is 2.10. The third-order valence-corrected chi connectivity index (χ3v) is 4.65. The molecule has 0 spiro atoms. The number of nitro benzene ring substituents is 1. The number of hydrogen-bond acceptors (Lipinski definition) is 6. The van der Waals surface area contributed by atoms with Crippen molar-refractivity contribution in [2.24, 2.45) is 0 Å². The average molecular weight is 369 g/mol. The number of anilines is 1. The van der Waals surface area contributed by atoms with Gasteiger partial charge in [0.15, 0.2) is 5.13 Å². The highest BCUT2D eigenvalue weighted by atomic mass is 32.1. The number of carboxylic acids is 1. The molecule has 0 aliphatic heterocycles. The van der Waals surface area contributed by atoms with Crippen LogP contribution in [-0.4, -0.2) is 27.5 Å². The van der Waals surface area contributed by atoms with E-state index in [4.69, 9.17) is 5.11 Å². The molecule has 0 atom stereocenters. The smallest absolute Gasteiger partial charge is 0.335 e. The van der Waals surface area contributed by atoms with Gasteiger partial charge in [0.1, 0.15) is 0 Å². The molecule has 3 rings (SSSR count). The molecule has 0 saturated heterocycles.